The average Bonchev–Trinajstić information content (AvgIpc) is 2.71. The van der Waals surface area contributed by atoms with Crippen LogP contribution in [-0.4, -0.2) is 24.3 Å². The summed E-state index contributed by atoms with van der Waals surface area (Å²) in [7, 11) is 0. The van der Waals surface area contributed by atoms with Gasteiger partial charge in [-0.15, -0.1) is 0 Å². The molecular formula is C10H12N2O2. The fourth-order valence-electron chi connectivity index (χ4n) is 1.58. The topological polar surface area (TPSA) is 61.4 Å². The van der Waals surface area contributed by atoms with Gasteiger partial charge in [-0.05, 0) is 17.7 Å². The molecule has 1 atom stereocenters. The molecule has 0 amide bonds. The van der Waals surface area contributed by atoms with Crippen LogP contribution < -0.4 is 10.6 Å². The van der Waals surface area contributed by atoms with Crippen molar-refractivity contribution < 1.29 is 9.90 Å². The molecule has 0 saturated carbocycles. The third-order valence-corrected chi connectivity index (χ3v) is 2.38. The van der Waals surface area contributed by atoms with Crippen molar-refractivity contribution in [3.63, 3.8) is 0 Å². The van der Waals surface area contributed by atoms with Crippen LogP contribution in [0.1, 0.15) is 22.0 Å². The molecular weight excluding hydrogens is 180 g/mol. The Morgan fingerprint density at radius 2 is 2.07 bits per heavy atom. The van der Waals surface area contributed by atoms with Crippen LogP contribution in [0.4, 0.5) is 0 Å². The van der Waals surface area contributed by atoms with Crippen molar-refractivity contribution in [1.82, 2.24) is 10.6 Å². The molecule has 0 spiro atoms. The summed E-state index contributed by atoms with van der Waals surface area (Å²) in [6.07, 6.45) is 0. The van der Waals surface area contributed by atoms with Gasteiger partial charge in [0.25, 0.3) is 0 Å². The molecule has 14 heavy (non-hydrogen) atoms. The maximum Gasteiger partial charge on any atom is 0.335 e. The van der Waals surface area contributed by atoms with E-state index >= 15 is 0 Å². The Morgan fingerprint density at radius 1 is 1.36 bits per heavy atom. The zero-order chi connectivity index (χ0) is 9.97. The molecule has 0 bridgehead atoms. The fourth-order valence-corrected chi connectivity index (χ4v) is 1.58. The lowest BCUT2D eigenvalue weighted by Crippen LogP contribution is -2.14. The largest absolute Gasteiger partial charge is 0.478 e. The van der Waals surface area contributed by atoms with Gasteiger partial charge in [0.05, 0.1) is 5.56 Å². The minimum Gasteiger partial charge on any atom is -0.478 e. The van der Waals surface area contributed by atoms with E-state index in [-0.39, 0.29) is 0 Å². The van der Waals surface area contributed by atoms with Gasteiger partial charge >= 0.3 is 5.97 Å². The van der Waals surface area contributed by atoms with Gasteiger partial charge in [0.1, 0.15) is 0 Å². The third-order valence-electron chi connectivity index (χ3n) is 2.38. The summed E-state index contributed by atoms with van der Waals surface area (Å²) < 4.78 is 0. The Hall–Kier alpha value is -1.39. The number of rotatable bonds is 2. The van der Waals surface area contributed by atoms with Crippen molar-refractivity contribution in [2.75, 3.05) is 13.2 Å². The van der Waals surface area contributed by atoms with Gasteiger partial charge in [-0.3, -0.25) is 5.32 Å². The van der Waals surface area contributed by atoms with Crippen LogP contribution in [0.2, 0.25) is 0 Å². The van der Waals surface area contributed by atoms with Gasteiger partial charge in [-0.25, -0.2) is 4.79 Å². The molecule has 0 aliphatic carbocycles. The second-order valence-electron chi connectivity index (χ2n) is 3.31. The lowest BCUT2D eigenvalue weighted by Gasteiger charge is -2.09. The highest BCUT2D eigenvalue weighted by Crippen LogP contribution is 2.15. The Bertz CT molecular complexity index is 328. The SMILES string of the molecule is O=C(O)c1ccc(C2CNCN2)cc1. The first-order valence-electron chi connectivity index (χ1n) is 4.55. The standard InChI is InChI=1S/C10H12N2O2/c13-10(14)8-3-1-7(2-4-8)9-5-11-6-12-9/h1-4,9,11-12H,5-6H2,(H,13,14). The molecule has 4 nitrogen and oxygen atoms in total. The van der Waals surface area contributed by atoms with Crippen molar-refractivity contribution in [1.29, 1.82) is 0 Å². The summed E-state index contributed by atoms with van der Waals surface area (Å²) >= 11 is 0. The molecule has 1 aliphatic heterocycles. The van der Waals surface area contributed by atoms with Crippen LogP contribution in [0.5, 0.6) is 0 Å². The minimum atomic E-state index is -0.881. The van der Waals surface area contributed by atoms with Crippen molar-refractivity contribution in [2.24, 2.45) is 0 Å². The van der Waals surface area contributed by atoms with Crippen molar-refractivity contribution >= 4 is 5.97 Å². The highest BCUT2D eigenvalue weighted by Gasteiger charge is 2.15. The highest BCUT2D eigenvalue weighted by molar-refractivity contribution is 5.87. The predicted molar refractivity (Wildman–Crippen MR) is 52.1 cm³/mol. The predicted octanol–water partition coefficient (Wildman–Crippen LogP) is 0.576. The van der Waals surface area contributed by atoms with E-state index in [9.17, 15) is 4.79 Å². The fraction of sp³-hybridized carbons (Fsp3) is 0.300. The molecule has 2 rings (SSSR count). The summed E-state index contributed by atoms with van der Waals surface area (Å²) in [4.78, 5) is 10.6. The number of hydrogen-bond acceptors (Lipinski definition) is 3. The molecule has 3 N–H and O–H groups in total. The van der Waals surface area contributed by atoms with E-state index in [2.05, 4.69) is 10.6 Å². The number of benzene rings is 1. The number of nitrogens with one attached hydrogen (secondary N) is 2. The molecule has 0 aromatic heterocycles. The van der Waals surface area contributed by atoms with Gasteiger partial charge in [0.2, 0.25) is 0 Å². The molecule has 1 fully saturated rings. The maximum atomic E-state index is 10.6. The minimum absolute atomic E-state index is 0.304. The second kappa shape index (κ2) is 3.77. The summed E-state index contributed by atoms with van der Waals surface area (Å²) in [5.41, 5.74) is 1.46. The van der Waals surface area contributed by atoms with Crippen LogP contribution >= 0.6 is 0 Å². The Kier molecular flexibility index (Phi) is 2.47. The quantitative estimate of drug-likeness (QED) is 0.641. The van der Waals surface area contributed by atoms with Gasteiger partial charge in [-0.2, -0.15) is 0 Å². The van der Waals surface area contributed by atoms with Gasteiger partial charge in [0.15, 0.2) is 0 Å². The monoisotopic (exact) mass is 192 g/mol. The van der Waals surface area contributed by atoms with Gasteiger partial charge in [-0.1, -0.05) is 12.1 Å². The summed E-state index contributed by atoms with van der Waals surface area (Å²) in [6, 6.07) is 7.29. The number of hydrogen-bond donors (Lipinski definition) is 3. The molecule has 1 aromatic carbocycles. The summed E-state index contributed by atoms with van der Waals surface area (Å²) in [6.45, 7) is 1.71. The van der Waals surface area contributed by atoms with Crippen molar-refractivity contribution in [3.8, 4) is 0 Å². The first-order valence-corrected chi connectivity index (χ1v) is 4.55. The summed E-state index contributed by atoms with van der Waals surface area (Å²) in [5.74, 6) is -0.881. The van der Waals surface area contributed by atoms with Crippen LogP contribution in [0, 0.1) is 0 Å². The number of carbonyl (C=O) groups is 1. The van der Waals surface area contributed by atoms with E-state index in [0.29, 0.717) is 11.6 Å². The normalized spacial score (nSPS) is 21.0. The molecule has 1 unspecified atom stereocenters. The lowest BCUT2D eigenvalue weighted by atomic mass is 10.1. The van der Waals surface area contributed by atoms with E-state index < -0.39 is 5.97 Å². The van der Waals surface area contributed by atoms with E-state index in [1.54, 1.807) is 12.1 Å². The highest BCUT2D eigenvalue weighted by atomic mass is 16.4. The van der Waals surface area contributed by atoms with E-state index in [0.717, 1.165) is 18.8 Å². The molecule has 0 radical (unpaired) electrons. The molecule has 74 valence electrons. The number of aromatic carboxylic acids is 1. The Balaban J connectivity index is 2.16. The number of carboxylic acid groups (broad SMARTS) is 1. The zero-order valence-corrected chi connectivity index (χ0v) is 7.66. The summed E-state index contributed by atoms with van der Waals surface area (Å²) in [5, 5.41) is 15.2. The van der Waals surface area contributed by atoms with Crippen LogP contribution in [0.3, 0.4) is 0 Å². The lowest BCUT2D eigenvalue weighted by molar-refractivity contribution is 0.0697. The zero-order valence-electron chi connectivity index (χ0n) is 7.66. The molecule has 4 heteroatoms. The van der Waals surface area contributed by atoms with Gasteiger partial charge < -0.3 is 10.4 Å². The van der Waals surface area contributed by atoms with E-state index in [1.807, 2.05) is 12.1 Å². The molecule has 1 saturated heterocycles. The first kappa shape index (κ1) is 9.18. The second-order valence-corrected chi connectivity index (χ2v) is 3.31. The van der Waals surface area contributed by atoms with Crippen molar-refractivity contribution in [3.05, 3.63) is 35.4 Å². The average molecular weight is 192 g/mol. The first-order chi connectivity index (χ1) is 6.77. The van der Waals surface area contributed by atoms with Crippen LogP contribution in [0.25, 0.3) is 0 Å². The van der Waals surface area contributed by atoms with Crippen molar-refractivity contribution in [2.45, 2.75) is 6.04 Å². The smallest absolute Gasteiger partial charge is 0.335 e. The van der Waals surface area contributed by atoms with E-state index in [1.165, 1.54) is 0 Å². The Morgan fingerprint density at radius 3 is 2.57 bits per heavy atom. The van der Waals surface area contributed by atoms with Crippen LogP contribution in [0.15, 0.2) is 24.3 Å². The van der Waals surface area contributed by atoms with Crippen LogP contribution in [-0.2, 0) is 0 Å². The molecule has 1 aliphatic rings. The Labute approximate surface area is 81.9 Å². The van der Waals surface area contributed by atoms with Gasteiger partial charge in [0, 0.05) is 19.3 Å². The number of carboxylic acids is 1. The molecule has 1 aromatic rings. The van der Waals surface area contributed by atoms with E-state index in [4.69, 9.17) is 5.11 Å². The molecule has 1 heterocycles. The maximum absolute atomic E-state index is 10.6. The third kappa shape index (κ3) is 1.76.